The lowest BCUT2D eigenvalue weighted by molar-refractivity contribution is -0.133. The molecule has 0 heterocycles. The second kappa shape index (κ2) is 10.3. The minimum atomic E-state index is -0.669. The van der Waals surface area contributed by atoms with Crippen molar-refractivity contribution in [3.05, 3.63) is 35.9 Å². The number of benzene rings is 1. The summed E-state index contributed by atoms with van der Waals surface area (Å²) in [5.74, 6) is -0.214. The molecule has 0 fully saturated rings. The number of carbonyl (C=O) groups excluding carboxylic acids is 2. The molecule has 1 amide bonds. The Morgan fingerprint density at radius 3 is 2.36 bits per heavy atom. The maximum Gasteiger partial charge on any atom is 0.237 e. The highest BCUT2D eigenvalue weighted by molar-refractivity contribution is 5.93. The van der Waals surface area contributed by atoms with Crippen LogP contribution in [0.3, 0.4) is 0 Å². The zero-order chi connectivity index (χ0) is 18.9. The van der Waals surface area contributed by atoms with Crippen molar-refractivity contribution in [1.82, 2.24) is 5.32 Å². The number of unbranched alkanes of at least 4 members (excludes halogenated alkanes) is 1. The lowest BCUT2D eigenvalue weighted by Crippen LogP contribution is -2.51. The summed E-state index contributed by atoms with van der Waals surface area (Å²) < 4.78 is 0. The number of rotatable bonds is 11. The summed E-state index contributed by atoms with van der Waals surface area (Å²) in [4.78, 5) is 25.3. The first-order valence-electron chi connectivity index (χ1n) is 9.16. The lowest BCUT2D eigenvalue weighted by Gasteiger charge is -2.28. The van der Waals surface area contributed by atoms with E-state index >= 15 is 0 Å². The summed E-state index contributed by atoms with van der Waals surface area (Å²) in [6.45, 7) is 6.40. The van der Waals surface area contributed by atoms with Gasteiger partial charge in [-0.25, -0.2) is 0 Å². The van der Waals surface area contributed by atoms with E-state index in [9.17, 15) is 9.59 Å². The van der Waals surface area contributed by atoms with Crippen molar-refractivity contribution in [3.63, 3.8) is 0 Å². The van der Waals surface area contributed by atoms with Crippen molar-refractivity contribution in [2.24, 2.45) is 16.9 Å². The fourth-order valence-electron chi connectivity index (χ4n) is 2.65. The summed E-state index contributed by atoms with van der Waals surface area (Å²) in [6.07, 6.45) is 3.42. The van der Waals surface area contributed by atoms with Gasteiger partial charge >= 0.3 is 0 Å². The van der Waals surface area contributed by atoms with Gasteiger partial charge in [-0.15, -0.1) is 0 Å². The minimum absolute atomic E-state index is 0.0623. The number of amides is 1. The molecule has 0 radical (unpaired) electrons. The SMILES string of the molecule is CCC(C)(C)C(=O)C(CCCCN)NC(=O)C(N)Cc1ccccc1. The Morgan fingerprint density at radius 2 is 1.80 bits per heavy atom. The van der Waals surface area contributed by atoms with E-state index in [1.165, 1.54) is 0 Å². The molecule has 140 valence electrons. The Morgan fingerprint density at radius 1 is 1.16 bits per heavy atom. The number of nitrogens with two attached hydrogens (primary N) is 2. The highest BCUT2D eigenvalue weighted by atomic mass is 16.2. The van der Waals surface area contributed by atoms with Crippen LogP contribution in [-0.2, 0) is 16.0 Å². The molecule has 25 heavy (non-hydrogen) atoms. The van der Waals surface area contributed by atoms with Crippen LogP contribution in [0.2, 0.25) is 0 Å². The van der Waals surface area contributed by atoms with E-state index in [1.54, 1.807) is 0 Å². The zero-order valence-electron chi connectivity index (χ0n) is 15.8. The third-order valence-corrected chi connectivity index (χ3v) is 4.77. The molecule has 5 heteroatoms. The van der Waals surface area contributed by atoms with Crippen LogP contribution in [0, 0.1) is 5.41 Å². The molecule has 5 N–H and O–H groups in total. The maximum atomic E-state index is 12.8. The maximum absolute atomic E-state index is 12.8. The fraction of sp³-hybridized carbons (Fsp3) is 0.600. The summed E-state index contributed by atoms with van der Waals surface area (Å²) in [7, 11) is 0. The normalized spacial score (nSPS) is 14.0. The predicted molar refractivity (Wildman–Crippen MR) is 102 cm³/mol. The smallest absolute Gasteiger partial charge is 0.237 e. The molecule has 5 nitrogen and oxygen atoms in total. The van der Waals surface area contributed by atoms with Crippen molar-refractivity contribution in [2.45, 2.75) is 65.0 Å². The van der Waals surface area contributed by atoms with E-state index in [0.29, 0.717) is 19.4 Å². The van der Waals surface area contributed by atoms with Crippen LogP contribution in [0.15, 0.2) is 30.3 Å². The van der Waals surface area contributed by atoms with Crippen molar-refractivity contribution in [1.29, 1.82) is 0 Å². The van der Waals surface area contributed by atoms with Gasteiger partial charge in [-0.05, 0) is 44.2 Å². The van der Waals surface area contributed by atoms with Gasteiger partial charge in [0.25, 0.3) is 0 Å². The first-order chi connectivity index (χ1) is 11.8. The third kappa shape index (κ3) is 6.96. The van der Waals surface area contributed by atoms with Gasteiger partial charge in [0, 0.05) is 5.41 Å². The van der Waals surface area contributed by atoms with Crippen LogP contribution in [-0.4, -0.2) is 30.3 Å². The van der Waals surface area contributed by atoms with E-state index in [4.69, 9.17) is 11.5 Å². The molecule has 2 unspecified atom stereocenters. The molecule has 1 rings (SSSR count). The van der Waals surface area contributed by atoms with Crippen molar-refractivity contribution < 1.29 is 9.59 Å². The second-order valence-corrected chi connectivity index (χ2v) is 7.24. The van der Waals surface area contributed by atoms with Gasteiger partial charge in [-0.1, -0.05) is 51.1 Å². The van der Waals surface area contributed by atoms with Crippen LogP contribution >= 0.6 is 0 Å². The van der Waals surface area contributed by atoms with E-state index in [2.05, 4.69) is 5.32 Å². The van der Waals surface area contributed by atoms with Crippen molar-refractivity contribution in [2.75, 3.05) is 6.54 Å². The first kappa shape index (κ1) is 21.3. The van der Waals surface area contributed by atoms with Gasteiger partial charge in [-0.2, -0.15) is 0 Å². The molecule has 0 aliphatic rings. The Balaban J connectivity index is 2.74. The van der Waals surface area contributed by atoms with Gasteiger partial charge in [0.15, 0.2) is 5.78 Å². The molecule has 0 aliphatic heterocycles. The first-order valence-corrected chi connectivity index (χ1v) is 9.16. The molecular weight excluding hydrogens is 314 g/mol. The molecular formula is C20H33N3O2. The average Bonchev–Trinajstić information content (AvgIpc) is 2.61. The van der Waals surface area contributed by atoms with Crippen LogP contribution in [0.4, 0.5) is 0 Å². The van der Waals surface area contributed by atoms with E-state index < -0.39 is 17.5 Å². The minimum Gasteiger partial charge on any atom is -0.345 e. The Bertz CT molecular complexity index is 543. The standard InChI is InChI=1S/C20H33N3O2/c1-4-20(2,3)18(24)17(12-8-9-13-21)23-19(25)16(22)14-15-10-6-5-7-11-15/h5-7,10-11,16-17H,4,8-9,12-14,21-22H2,1-3H3,(H,23,25). The molecule has 0 saturated carbocycles. The van der Waals surface area contributed by atoms with Gasteiger partial charge in [0.2, 0.25) is 5.91 Å². The highest BCUT2D eigenvalue weighted by Gasteiger charge is 2.33. The number of nitrogens with one attached hydrogen (secondary N) is 1. The number of hydrogen-bond acceptors (Lipinski definition) is 4. The number of hydrogen-bond donors (Lipinski definition) is 3. The van der Waals surface area contributed by atoms with Crippen molar-refractivity contribution in [3.8, 4) is 0 Å². The van der Waals surface area contributed by atoms with Crippen LogP contribution in [0.1, 0.15) is 52.0 Å². The molecule has 1 aromatic rings. The van der Waals surface area contributed by atoms with E-state index in [-0.39, 0.29) is 11.7 Å². The molecule has 0 aliphatic carbocycles. The molecule has 2 atom stereocenters. The molecule has 1 aromatic carbocycles. The fourth-order valence-corrected chi connectivity index (χ4v) is 2.65. The number of carbonyl (C=O) groups is 2. The molecule has 0 bridgehead atoms. The summed E-state index contributed by atoms with van der Waals surface area (Å²) >= 11 is 0. The quantitative estimate of drug-likeness (QED) is 0.534. The Hall–Kier alpha value is -1.72. The van der Waals surface area contributed by atoms with Gasteiger partial charge in [0.1, 0.15) is 0 Å². The number of ketones is 1. The topological polar surface area (TPSA) is 98.2 Å². The zero-order valence-corrected chi connectivity index (χ0v) is 15.8. The predicted octanol–water partition coefficient (Wildman–Crippen LogP) is 2.18. The lowest BCUT2D eigenvalue weighted by atomic mass is 9.80. The van der Waals surface area contributed by atoms with Gasteiger partial charge in [0.05, 0.1) is 12.1 Å². The van der Waals surface area contributed by atoms with Gasteiger partial charge in [-0.3, -0.25) is 9.59 Å². The Labute approximate surface area is 151 Å². The molecule has 0 aromatic heterocycles. The van der Waals surface area contributed by atoms with E-state index in [0.717, 1.165) is 24.8 Å². The average molecular weight is 348 g/mol. The Kier molecular flexibility index (Phi) is 8.79. The van der Waals surface area contributed by atoms with Gasteiger partial charge < -0.3 is 16.8 Å². The molecule has 0 spiro atoms. The highest BCUT2D eigenvalue weighted by Crippen LogP contribution is 2.24. The van der Waals surface area contributed by atoms with Crippen LogP contribution < -0.4 is 16.8 Å². The monoisotopic (exact) mass is 347 g/mol. The summed E-state index contributed by atoms with van der Waals surface area (Å²) in [5, 5.41) is 2.88. The van der Waals surface area contributed by atoms with Crippen LogP contribution in [0.5, 0.6) is 0 Å². The third-order valence-electron chi connectivity index (χ3n) is 4.77. The summed E-state index contributed by atoms with van der Waals surface area (Å²) in [5.41, 5.74) is 12.1. The molecule has 0 saturated heterocycles. The number of Topliss-reactive ketones (excluding diaryl/α,β-unsaturated/α-hetero) is 1. The van der Waals surface area contributed by atoms with Crippen LogP contribution in [0.25, 0.3) is 0 Å². The second-order valence-electron chi connectivity index (χ2n) is 7.24. The van der Waals surface area contributed by atoms with E-state index in [1.807, 2.05) is 51.1 Å². The van der Waals surface area contributed by atoms with Crippen molar-refractivity contribution >= 4 is 11.7 Å². The summed E-state index contributed by atoms with van der Waals surface area (Å²) in [6, 6.07) is 8.47. The largest absolute Gasteiger partial charge is 0.345 e.